The van der Waals surface area contributed by atoms with E-state index in [4.69, 9.17) is 4.42 Å². The predicted molar refractivity (Wildman–Crippen MR) is 73.6 cm³/mol. The molecule has 0 N–H and O–H groups in total. The Morgan fingerprint density at radius 1 is 1.00 bits per heavy atom. The van der Waals surface area contributed by atoms with Crippen LogP contribution in [0, 0.1) is 0 Å². The molecule has 0 unspecified atom stereocenters. The number of furan rings is 1. The fraction of sp³-hybridized carbons (Fsp3) is 0.312. The zero-order valence-electron chi connectivity index (χ0n) is 11.3. The van der Waals surface area contributed by atoms with Gasteiger partial charge in [0.15, 0.2) is 6.20 Å². The molecule has 0 aliphatic rings. The highest BCUT2D eigenvalue weighted by molar-refractivity contribution is 6.05. The summed E-state index contributed by atoms with van der Waals surface area (Å²) in [6, 6.07) is 10.4. The van der Waals surface area contributed by atoms with Gasteiger partial charge in [0, 0.05) is 16.8 Å². The van der Waals surface area contributed by atoms with Crippen molar-refractivity contribution in [3.05, 3.63) is 42.2 Å². The van der Waals surface area contributed by atoms with Gasteiger partial charge in [0.25, 0.3) is 0 Å². The topological polar surface area (TPSA) is 17.0 Å². The molecule has 2 heterocycles. The Bertz CT molecular complexity index is 732. The Balaban J connectivity index is 2.52. The van der Waals surface area contributed by atoms with Gasteiger partial charge in [0.1, 0.15) is 12.6 Å². The van der Waals surface area contributed by atoms with E-state index in [-0.39, 0.29) is 5.41 Å². The summed E-state index contributed by atoms with van der Waals surface area (Å²) in [7, 11) is 2.08. The second-order valence-electron chi connectivity index (χ2n) is 5.87. The normalized spacial score (nSPS) is 12.4. The SMILES string of the molecule is C[n+]1ccc2c(oc3ccccc32)c1C(C)(C)C. The summed E-state index contributed by atoms with van der Waals surface area (Å²) >= 11 is 0. The van der Waals surface area contributed by atoms with E-state index < -0.39 is 0 Å². The first-order chi connectivity index (χ1) is 8.48. The summed E-state index contributed by atoms with van der Waals surface area (Å²) in [5.41, 5.74) is 3.26. The molecule has 0 fully saturated rings. The van der Waals surface area contributed by atoms with Gasteiger partial charge in [-0.1, -0.05) is 39.0 Å². The van der Waals surface area contributed by atoms with Crippen LogP contribution >= 0.6 is 0 Å². The number of aromatic nitrogens is 1. The Labute approximate surface area is 107 Å². The van der Waals surface area contributed by atoms with Gasteiger partial charge < -0.3 is 4.42 Å². The highest BCUT2D eigenvalue weighted by Crippen LogP contribution is 2.33. The first-order valence-electron chi connectivity index (χ1n) is 6.29. The van der Waals surface area contributed by atoms with Gasteiger partial charge in [-0.25, -0.2) is 4.57 Å². The lowest BCUT2D eigenvalue weighted by Gasteiger charge is -2.15. The van der Waals surface area contributed by atoms with Gasteiger partial charge in [-0.2, -0.15) is 0 Å². The maximum Gasteiger partial charge on any atom is 0.230 e. The van der Waals surface area contributed by atoms with Crippen molar-refractivity contribution < 1.29 is 8.98 Å². The molecule has 2 heteroatoms. The third-order valence-corrected chi connectivity index (χ3v) is 3.38. The lowest BCUT2D eigenvalue weighted by atomic mass is 9.90. The number of hydrogen-bond donors (Lipinski definition) is 0. The van der Waals surface area contributed by atoms with Crippen molar-refractivity contribution in [3.8, 4) is 0 Å². The van der Waals surface area contributed by atoms with Crippen LogP contribution in [-0.4, -0.2) is 0 Å². The molecule has 0 saturated heterocycles. The van der Waals surface area contributed by atoms with E-state index in [0.717, 1.165) is 11.2 Å². The molecule has 2 aromatic heterocycles. The maximum absolute atomic E-state index is 6.07. The number of para-hydroxylation sites is 1. The number of pyridine rings is 1. The largest absolute Gasteiger partial charge is 0.449 e. The first-order valence-corrected chi connectivity index (χ1v) is 6.29. The van der Waals surface area contributed by atoms with Gasteiger partial charge in [-0.3, -0.25) is 0 Å². The number of nitrogens with zero attached hydrogens (tertiary/aromatic N) is 1. The van der Waals surface area contributed by atoms with Gasteiger partial charge in [-0.15, -0.1) is 0 Å². The van der Waals surface area contributed by atoms with Crippen LogP contribution in [-0.2, 0) is 12.5 Å². The van der Waals surface area contributed by atoms with Crippen LogP contribution in [0.15, 0.2) is 40.9 Å². The highest BCUT2D eigenvalue weighted by atomic mass is 16.3. The van der Waals surface area contributed by atoms with Crippen molar-refractivity contribution in [1.29, 1.82) is 0 Å². The third-order valence-electron chi connectivity index (χ3n) is 3.38. The van der Waals surface area contributed by atoms with Crippen LogP contribution in [0.2, 0.25) is 0 Å². The van der Waals surface area contributed by atoms with Gasteiger partial charge in [0.05, 0.1) is 5.41 Å². The number of benzene rings is 1. The predicted octanol–water partition coefficient (Wildman–Crippen LogP) is 3.71. The molecule has 0 atom stereocenters. The van der Waals surface area contributed by atoms with E-state index in [1.165, 1.54) is 16.5 Å². The minimum atomic E-state index is 0.0577. The Hall–Kier alpha value is -1.83. The molecule has 92 valence electrons. The summed E-state index contributed by atoms with van der Waals surface area (Å²) in [6.07, 6.45) is 2.12. The van der Waals surface area contributed by atoms with E-state index in [2.05, 4.69) is 56.8 Å². The monoisotopic (exact) mass is 240 g/mol. The fourth-order valence-corrected chi connectivity index (χ4v) is 2.70. The molecule has 0 amide bonds. The molecule has 0 radical (unpaired) electrons. The molecule has 3 aromatic rings. The van der Waals surface area contributed by atoms with E-state index in [9.17, 15) is 0 Å². The Kier molecular flexibility index (Phi) is 2.24. The average molecular weight is 240 g/mol. The summed E-state index contributed by atoms with van der Waals surface area (Å²) in [4.78, 5) is 0. The molecule has 2 nitrogen and oxygen atoms in total. The molecule has 1 aromatic carbocycles. The van der Waals surface area contributed by atoms with Crippen LogP contribution in [0.4, 0.5) is 0 Å². The minimum Gasteiger partial charge on any atom is -0.449 e. The molecule has 0 aliphatic carbocycles. The first kappa shape index (κ1) is 11.3. The number of hydrogen-bond acceptors (Lipinski definition) is 1. The van der Waals surface area contributed by atoms with E-state index in [0.29, 0.717) is 0 Å². The summed E-state index contributed by atoms with van der Waals surface area (Å²) in [5.74, 6) is 0. The van der Waals surface area contributed by atoms with Crippen molar-refractivity contribution in [2.24, 2.45) is 7.05 Å². The van der Waals surface area contributed by atoms with Crippen molar-refractivity contribution in [1.82, 2.24) is 0 Å². The molecule has 0 bridgehead atoms. The summed E-state index contributed by atoms with van der Waals surface area (Å²) in [6.45, 7) is 6.65. The third kappa shape index (κ3) is 1.52. The summed E-state index contributed by atoms with van der Waals surface area (Å²) in [5, 5.41) is 2.40. The zero-order chi connectivity index (χ0) is 12.9. The summed E-state index contributed by atoms with van der Waals surface area (Å²) < 4.78 is 8.23. The van der Waals surface area contributed by atoms with Gasteiger partial charge in [-0.05, 0) is 6.07 Å². The lowest BCUT2D eigenvalue weighted by Crippen LogP contribution is -2.39. The molecule has 0 spiro atoms. The van der Waals surface area contributed by atoms with Gasteiger partial charge in [0.2, 0.25) is 11.3 Å². The molecule has 0 aliphatic heterocycles. The van der Waals surface area contributed by atoms with Crippen molar-refractivity contribution >= 4 is 21.9 Å². The van der Waals surface area contributed by atoms with Gasteiger partial charge >= 0.3 is 0 Å². The molecule has 3 rings (SSSR count). The Morgan fingerprint density at radius 2 is 1.72 bits per heavy atom. The van der Waals surface area contributed by atoms with Crippen LogP contribution in [0.5, 0.6) is 0 Å². The zero-order valence-corrected chi connectivity index (χ0v) is 11.3. The number of rotatable bonds is 0. The second-order valence-corrected chi connectivity index (χ2v) is 5.87. The van der Waals surface area contributed by atoms with Crippen LogP contribution in [0.1, 0.15) is 26.5 Å². The molecular formula is C16H18NO+. The smallest absolute Gasteiger partial charge is 0.230 e. The van der Waals surface area contributed by atoms with E-state index >= 15 is 0 Å². The van der Waals surface area contributed by atoms with Crippen LogP contribution in [0.25, 0.3) is 21.9 Å². The van der Waals surface area contributed by atoms with Crippen LogP contribution < -0.4 is 4.57 Å². The number of fused-ring (bicyclic) bond motifs is 3. The van der Waals surface area contributed by atoms with Crippen molar-refractivity contribution in [2.45, 2.75) is 26.2 Å². The van der Waals surface area contributed by atoms with Crippen molar-refractivity contribution in [3.63, 3.8) is 0 Å². The molecular weight excluding hydrogens is 222 g/mol. The van der Waals surface area contributed by atoms with Crippen molar-refractivity contribution in [2.75, 3.05) is 0 Å². The lowest BCUT2D eigenvalue weighted by molar-refractivity contribution is -0.681. The average Bonchev–Trinajstić information content (AvgIpc) is 2.64. The second kappa shape index (κ2) is 3.58. The molecule has 18 heavy (non-hydrogen) atoms. The Morgan fingerprint density at radius 3 is 2.44 bits per heavy atom. The number of aryl methyl sites for hydroxylation is 1. The van der Waals surface area contributed by atoms with E-state index in [1.807, 2.05) is 12.1 Å². The highest BCUT2D eigenvalue weighted by Gasteiger charge is 2.29. The standard InChI is InChI=1S/C16H18NO/c1-16(2,3)15-14-12(9-10-17(15)4)11-7-5-6-8-13(11)18-14/h5-10H,1-4H3/q+1. The maximum atomic E-state index is 6.07. The van der Waals surface area contributed by atoms with E-state index in [1.54, 1.807) is 0 Å². The minimum absolute atomic E-state index is 0.0577. The fourth-order valence-electron chi connectivity index (χ4n) is 2.70. The molecule has 0 saturated carbocycles. The quantitative estimate of drug-likeness (QED) is 0.547. The van der Waals surface area contributed by atoms with Crippen LogP contribution in [0.3, 0.4) is 0 Å².